The predicted octanol–water partition coefficient (Wildman–Crippen LogP) is 22.4. The Morgan fingerprint density at radius 1 is 0.229 bits per heavy atom. The molecule has 6 heteroatoms. The van der Waals surface area contributed by atoms with Crippen molar-refractivity contribution in [1.82, 2.24) is 4.57 Å². The summed E-state index contributed by atoms with van der Waals surface area (Å²) in [4.78, 5) is 5.39. The molecule has 96 heavy (non-hydrogen) atoms. The third kappa shape index (κ3) is 8.19. The van der Waals surface area contributed by atoms with E-state index in [0.29, 0.717) is 0 Å². The van der Waals surface area contributed by atoms with Gasteiger partial charge in [-0.2, -0.15) is 0 Å². The molecule has 0 atom stereocenters. The summed E-state index contributed by atoms with van der Waals surface area (Å²) in [5.74, 6) is 3.08. The van der Waals surface area contributed by atoms with Crippen LogP contribution in [0.15, 0.2) is 340 Å². The maximum atomic E-state index is 7.47. The van der Waals surface area contributed by atoms with Gasteiger partial charge in [0.25, 0.3) is 6.71 Å². The maximum Gasteiger partial charge on any atom is 0.252 e. The molecule has 1 aromatic heterocycles. The summed E-state index contributed by atoms with van der Waals surface area (Å²) >= 11 is 0. The number of hydrogen-bond donors (Lipinski definition) is 0. The van der Waals surface area contributed by atoms with E-state index in [1.165, 1.54) is 16.2 Å². The molecular weight excluding hydrogens is 1170 g/mol. The fraction of sp³-hybridized carbons (Fsp3) is 0. The first-order valence-electron chi connectivity index (χ1n) is 33.0. The minimum Gasteiger partial charge on any atom is -0.456 e. The third-order valence-corrected chi connectivity index (χ3v) is 20.1. The molecule has 16 aromatic rings. The van der Waals surface area contributed by atoms with E-state index in [0.717, 1.165) is 174 Å². The molecule has 5 nitrogen and oxygen atoms in total. The Labute approximate surface area is 557 Å². The van der Waals surface area contributed by atoms with Gasteiger partial charge in [0, 0.05) is 89.2 Å². The van der Waals surface area contributed by atoms with Crippen molar-refractivity contribution in [2.45, 2.75) is 0 Å². The number of aromatic nitrogens is 1. The summed E-state index contributed by atoms with van der Waals surface area (Å²) in [6.07, 6.45) is 0. The summed E-state index contributed by atoms with van der Waals surface area (Å²) in [7, 11) is 0. The van der Waals surface area contributed by atoms with E-state index in [1.54, 1.807) is 0 Å². The standard InChI is InChI=1S/C90H56BN3O2/c1-5-27-57(28-6-1)61-51-74-70-39-17-23-49-84(70)95-82-47-21-15-37-68(82)72-43-25-41-64(59-31-9-3-10-32-59)87(72)93-80-55-63(92-78-45-19-13-35-66(78)67-36-14-20-46-79(67)92)56-81-86(80)91(76(53-61)89(74)93)77-54-62(58-29-7-2-8-30-58)52-75-71-40-18-24-50-85(71)96-83-48-22-16-38-69(83)73-44-26-42-65(60-33-11-4-12-34-60)88(73)94(81)90(75)77/h1-56H. The van der Waals surface area contributed by atoms with Crippen LogP contribution in [-0.4, -0.2) is 11.3 Å². The number of nitrogens with zero attached hydrogens (tertiary/aromatic N) is 3. The summed E-state index contributed by atoms with van der Waals surface area (Å²) in [5.41, 5.74) is 30.1. The molecule has 0 saturated heterocycles. The first kappa shape index (κ1) is 54.0. The number of hydrogen-bond acceptors (Lipinski definition) is 4. The maximum absolute atomic E-state index is 7.47. The molecule has 0 N–H and O–H groups in total. The topological polar surface area (TPSA) is 29.9 Å². The predicted molar refractivity (Wildman–Crippen MR) is 398 cm³/mol. The van der Waals surface area contributed by atoms with E-state index in [9.17, 15) is 0 Å². The molecule has 15 aromatic carbocycles. The zero-order valence-corrected chi connectivity index (χ0v) is 52.1. The first-order chi connectivity index (χ1) is 47.7. The number of anilines is 6. The van der Waals surface area contributed by atoms with Gasteiger partial charge < -0.3 is 23.8 Å². The highest BCUT2D eigenvalue weighted by molar-refractivity contribution is 7.00. The van der Waals surface area contributed by atoms with Crippen LogP contribution in [0.1, 0.15) is 0 Å². The van der Waals surface area contributed by atoms with Gasteiger partial charge in [-0.15, -0.1) is 0 Å². The highest BCUT2D eigenvalue weighted by Crippen LogP contribution is 2.60. The SMILES string of the molecule is c1ccc(-c2cc3c4c(c2)-c2ccccc2Oc2ccccc2-c2cccc(-c5ccccc5)c2N4c2cc(-n4c5ccccc5c5ccccc54)cc4c2B3c2cc(-c3ccccc3)cc3c2N4c2c(-c4ccccc4)cccc2-c2ccccc2Oc2ccccc2-3)cc1. The minimum atomic E-state index is -0.393. The number of fused-ring (bicyclic) bond motifs is 19. The van der Waals surface area contributed by atoms with Gasteiger partial charge in [0.05, 0.1) is 28.1 Å². The largest absolute Gasteiger partial charge is 0.456 e. The summed E-state index contributed by atoms with van der Waals surface area (Å²) in [6.45, 7) is -0.393. The average molecular weight is 1220 g/mol. The van der Waals surface area contributed by atoms with Crippen molar-refractivity contribution in [2.24, 2.45) is 0 Å². The molecule has 0 amide bonds. The van der Waals surface area contributed by atoms with Gasteiger partial charge in [-0.25, -0.2) is 0 Å². The Morgan fingerprint density at radius 2 is 0.552 bits per heavy atom. The quantitative estimate of drug-likeness (QED) is 0.161. The van der Waals surface area contributed by atoms with Gasteiger partial charge in [-0.1, -0.05) is 279 Å². The van der Waals surface area contributed by atoms with Crippen molar-refractivity contribution >= 4 is 79.0 Å². The third-order valence-electron chi connectivity index (χ3n) is 20.1. The fourth-order valence-electron chi connectivity index (χ4n) is 16.1. The lowest BCUT2D eigenvalue weighted by Gasteiger charge is -2.47. The van der Waals surface area contributed by atoms with Crippen molar-refractivity contribution in [3.05, 3.63) is 340 Å². The van der Waals surface area contributed by atoms with Crippen molar-refractivity contribution < 1.29 is 9.47 Å². The lowest BCUT2D eigenvalue weighted by Crippen LogP contribution is -2.62. The lowest BCUT2D eigenvalue weighted by molar-refractivity contribution is 0.486. The Bertz CT molecular complexity index is 5510. The molecule has 0 unspecified atom stereocenters. The van der Waals surface area contributed by atoms with E-state index in [2.05, 4.69) is 354 Å². The van der Waals surface area contributed by atoms with Crippen LogP contribution in [-0.2, 0) is 0 Å². The molecular formula is C90H56BN3O2. The van der Waals surface area contributed by atoms with E-state index in [-0.39, 0.29) is 0 Å². The second-order valence-electron chi connectivity index (χ2n) is 25.4. The number of rotatable bonds is 5. The van der Waals surface area contributed by atoms with Crippen molar-refractivity contribution in [2.75, 3.05) is 9.80 Å². The summed E-state index contributed by atoms with van der Waals surface area (Å²) in [6, 6.07) is 125. The van der Waals surface area contributed by atoms with Gasteiger partial charge in [0.2, 0.25) is 0 Å². The average Bonchev–Trinajstić information content (AvgIpc) is 0.887. The second kappa shape index (κ2) is 21.5. The van der Waals surface area contributed by atoms with Gasteiger partial charge in [0.1, 0.15) is 23.0 Å². The number of ether oxygens (including phenoxy) is 2. The number of benzene rings is 15. The smallest absolute Gasteiger partial charge is 0.252 e. The Kier molecular flexibility index (Phi) is 12.1. The molecule has 0 radical (unpaired) electrons. The fourth-order valence-corrected chi connectivity index (χ4v) is 16.1. The van der Waals surface area contributed by atoms with E-state index >= 15 is 0 Å². The van der Waals surface area contributed by atoms with Gasteiger partial charge >= 0.3 is 0 Å². The second-order valence-corrected chi connectivity index (χ2v) is 25.4. The molecule has 0 aliphatic carbocycles. The van der Waals surface area contributed by atoms with Crippen LogP contribution in [0.2, 0.25) is 0 Å². The van der Waals surface area contributed by atoms with Crippen LogP contribution in [0.4, 0.5) is 34.1 Å². The Balaban J connectivity index is 1.06. The molecule has 20 rings (SSSR count). The molecule has 0 fully saturated rings. The zero-order valence-electron chi connectivity index (χ0n) is 52.1. The van der Waals surface area contributed by atoms with Gasteiger partial charge in [0.15, 0.2) is 0 Å². The molecule has 0 bridgehead atoms. The summed E-state index contributed by atoms with van der Waals surface area (Å²) < 4.78 is 17.5. The molecule has 4 aliphatic rings. The number of para-hydroxylation sites is 8. The Hall–Kier alpha value is -12.6. The molecule has 4 aliphatic heterocycles. The van der Waals surface area contributed by atoms with Gasteiger partial charge in [-0.3, -0.25) is 0 Å². The van der Waals surface area contributed by atoms with Crippen LogP contribution >= 0.6 is 0 Å². The lowest BCUT2D eigenvalue weighted by atomic mass is 9.32. The monoisotopic (exact) mass is 1220 g/mol. The van der Waals surface area contributed by atoms with E-state index in [4.69, 9.17) is 9.47 Å². The van der Waals surface area contributed by atoms with Gasteiger partial charge in [-0.05, 0) is 110 Å². The Morgan fingerprint density at radius 3 is 0.958 bits per heavy atom. The van der Waals surface area contributed by atoms with Crippen molar-refractivity contribution in [3.8, 4) is 118 Å². The molecule has 0 spiro atoms. The first-order valence-corrected chi connectivity index (χ1v) is 33.0. The van der Waals surface area contributed by atoms with Crippen LogP contribution in [0, 0.1) is 0 Å². The molecule has 446 valence electrons. The van der Waals surface area contributed by atoms with Crippen molar-refractivity contribution in [1.29, 1.82) is 0 Å². The summed E-state index contributed by atoms with van der Waals surface area (Å²) in [5, 5.41) is 2.37. The molecule has 5 heterocycles. The van der Waals surface area contributed by atoms with E-state index < -0.39 is 6.71 Å². The minimum absolute atomic E-state index is 0.393. The van der Waals surface area contributed by atoms with Crippen LogP contribution in [0.3, 0.4) is 0 Å². The van der Waals surface area contributed by atoms with Crippen LogP contribution < -0.4 is 35.7 Å². The highest BCUT2D eigenvalue weighted by Gasteiger charge is 2.48. The molecule has 0 saturated carbocycles. The normalized spacial score (nSPS) is 12.7. The van der Waals surface area contributed by atoms with Crippen LogP contribution in [0.5, 0.6) is 23.0 Å². The van der Waals surface area contributed by atoms with Crippen molar-refractivity contribution in [3.63, 3.8) is 0 Å². The van der Waals surface area contributed by atoms with E-state index in [1.807, 2.05) is 0 Å². The highest BCUT2D eigenvalue weighted by atomic mass is 16.5. The zero-order chi connectivity index (χ0) is 63.0. The van der Waals surface area contributed by atoms with Crippen LogP contribution in [0.25, 0.3) is 117 Å².